The van der Waals surface area contributed by atoms with Crippen molar-refractivity contribution in [2.75, 3.05) is 13.1 Å². The Balaban J connectivity index is 1.35. The summed E-state index contributed by atoms with van der Waals surface area (Å²) >= 11 is 0. The Kier molecular flexibility index (Phi) is 6.18. The van der Waals surface area contributed by atoms with Crippen LogP contribution in [0.15, 0.2) is 67.0 Å². The molecule has 0 radical (unpaired) electrons. The van der Waals surface area contributed by atoms with Gasteiger partial charge in [-0.1, -0.05) is 36.4 Å². The molecule has 1 atom stereocenters. The molecule has 0 bridgehead atoms. The fraction of sp³-hybridized carbons (Fsp3) is 0.304. The van der Waals surface area contributed by atoms with E-state index < -0.39 is 17.7 Å². The van der Waals surface area contributed by atoms with Gasteiger partial charge >= 0.3 is 0 Å². The fourth-order valence-corrected chi connectivity index (χ4v) is 3.90. The minimum Gasteiger partial charge on any atom is -0.351 e. The fourth-order valence-electron chi connectivity index (χ4n) is 3.90. The number of piperidine rings is 1. The number of carbonyl (C=O) groups is 1. The average molecular weight is 410 g/mol. The lowest BCUT2D eigenvalue weighted by molar-refractivity contribution is -0.124. The van der Waals surface area contributed by atoms with Crippen LogP contribution in [0.4, 0.5) is 8.78 Å². The van der Waals surface area contributed by atoms with Crippen LogP contribution in [0.3, 0.4) is 0 Å². The van der Waals surface area contributed by atoms with E-state index in [0.29, 0.717) is 6.54 Å². The molecule has 1 N–H and O–H groups in total. The zero-order chi connectivity index (χ0) is 20.9. The van der Waals surface area contributed by atoms with Gasteiger partial charge in [-0.2, -0.15) is 5.10 Å². The standard InChI is InChI=1S/C23H24F2N4O/c24-20-8-7-17(15-21(20)25)16-28-13-9-19(10-14-28)27-23(30)22(29-12-4-11-26-29)18-5-2-1-3-6-18/h1-8,11-12,15,19,22H,9-10,13-14,16H2,(H,27,30). The Hall–Kier alpha value is -3.06. The van der Waals surface area contributed by atoms with Gasteiger partial charge in [0.15, 0.2) is 17.7 Å². The number of nitrogens with one attached hydrogen (secondary N) is 1. The number of carbonyl (C=O) groups excluding carboxylic acids is 1. The molecule has 1 aliphatic heterocycles. The highest BCUT2D eigenvalue weighted by Crippen LogP contribution is 2.20. The molecule has 3 aromatic rings. The van der Waals surface area contributed by atoms with Crippen molar-refractivity contribution in [1.29, 1.82) is 0 Å². The Morgan fingerprint density at radius 1 is 1.07 bits per heavy atom. The van der Waals surface area contributed by atoms with E-state index in [9.17, 15) is 13.6 Å². The predicted octanol–water partition coefficient (Wildman–Crippen LogP) is 3.53. The van der Waals surface area contributed by atoms with Crippen LogP contribution in [0.2, 0.25) is 0 Å². The summed E-state index contributed by atoms with van der Waals surface area (Å²) < 4.78 is 28.2. The monoisotopic (exact) mass is 410 g/mol. The summed E-state index contributed by atoms with van der Waals surface area (Å²) in [7, 11) is 0. The molecule has 1 unspecified atom stereocenters. The van der Waals surface area contributed by atoms with Gasteiger partial charge in [0.25, 0.3) is 0 Å². The van der Waals surface area contributed by atoms with Crippen molar-refractivity contribution < 1.29 is 13.6 Å². The third-order valence-electron chi connectivity index (χ3n) is 5.48. The molecular formula is C23H24F2N4O. The Morgan fingerprint density at radius 3 is 2.50 bits per heavy atom. The molecule has 1 fully saturated rings. The van der Waals surface area contributed by atoms with Gasteiger partial charge in [-0.05, 0) is 42.2 Å². The predicted molar refractivity (Wildman–Crippen MR) is 110 cm³/mol. The minimum absolute atomic E-state index is 0.0699. The van der Waals surface area contributed by atoms with Crippen LogP contribution in [-0.4, -0.2) is 39.7 Å². The van der Waals surface area contributed by atoms with Crippen LogP contribution >= 0.6 is 0 Å². The lowest BCUT2D eigenvalue weighted by Crippen LogP contribution is -2.46. The molecule has 2 aromatic carbocycles. The number of nitrogens with zero attached hydrogens (tertiary/aromatic N) is 3. The molecule has 30 heavy (non-hydrogen) atoms. The summed E-state index contributed by atoms with van der Waals surface area (Å²) in [6.45, 7) is 2.13. The molecule has 0 saturated carbocycles. The Labute approximate surface area is 174 Å². The van der Waals surface area contributed by atoms with Gasteiger partial charge in [0.05, 0.1) is 0 Å². The maximum absolute atomic E-state index is 13.4. The van der Waals surface area contributed by atoms with E-state index in [1.807, 2.05) is 30.3 Å². The topological polar surface area (TPSA) is 50.2 Å². The molecule has 7 heteroatoms. The normalized spacial score (nSPS) is 16.3. The van der Waals surface area contributed by atoms with E-state index in [4.69, 9.17) is 0 Å². The van der Waals surface area contributed by atoms with E-state index in [0.717, 1.165) is 43.1 Å². The van der Waals surface area contributed by atoms with Gasteiger partial charge in [-0.25, -0.2) is 8.78 Å². The van der Waals surface area contributed by atoms with E-state index in [-0.39, 0.29) is 11.9 Å². The highest BCUT2D eigenvalue weighted by molar-refractivity contribution is 5.83. The van der Waals surface area contributed by atoms with Crippen molar-refractivity contribution in [2.45, 2.75) is 31.5 Å². The molecule has 0 aliphatic carbocycles. The van der Waals surface area contributed by atoms with Crippen LogP contribution in [0.25, 0.3) is 0 Å². The SMILES string of the molecule is O=C(NC1CCN(Cc2ccc(F)c(F)c2)CC1)C(c1ccccc1)n1cccn1. The number of hydrogen-bond acceptors (Lipinski definition) is 3. The van der Waals surface area contributed by atoms with Crippen molar-refractivity contribution in [2.24, 2.45) is 0 Å². The first-order valence-corrected chi connectivity index (χ1v) is 10.1. The average Bonchev–Trinajstić information content (AvgIpc) is 3.27. The summed E-state index contributed by atoms with van der Waals surface area (Å²) in [6, 6.07) is 15.0. The van der Waals surface area contributed by atoms with Gasteiger partial charge in [0.2, 0.25) is 5.91 Å². The van der Waals surface area contributed by atoms with Crippen LogP contribution in [0.1, 0.15) is 30.0 Å². The van der Waals surface area contributed by atoms with E-state index in [1.165, 1.54) is 6.07 Å². The lowest BCUT2D eigenvalue weighted by atomic mass is 10.0. The number of benzene rings is 2. The number of amides is 1. The first-order valence-electron chi connectivity index (χ1n) is 10.1. The highest BCUT2D eigenvalue weighted by Gasteiger charge is 2.27. The van der Waals surface area contributed by atoms with Crippen molar-refractivity contribution in [3.8, 4) is 0 Å². The van der Waals surface area contributed by atoms with E-state index in [2.05, 4.69) is 15.3 Å². The summed E-state index contributed by atoms with van der Waals surface area (Å²) in [6.07, 6.45) is 5.06. The van der Waals surface area contributed by atoms with E-state index >= 15 is 0 Å². The Morgan fingerprint density at radius 2 is 1.83 bits per heavy atom. The summed E-state index contributed by atoms with van der Waals surface area (Å²) in [5, 5.41) is 7.44. The largest absolute Gasteiger partial charge is 0.351 e. The zero-order valence-corrected chi connectivity index (χ0v) is 16.5. The van der Waals surface area contributed by atoms with Crippen molar-refractivity contribution in [1.82, 2.24) is 20.0 Å². The molecule has 1 amide bonds. The molecule has 4 rings (SSSR count). The second-order valence-corrected chi connectivity index (χ2v) is 7.61. The van der Waals surface area contributed by atoms with Crippen molar-refractivity contribution >= 4 is 5.91 Å². The molecule has 0 spiro atoms. The number of rotatable bonds is 6. The maximum Gasteiger partial charge on any atom is 0.249 e. The second kappa shape index (κ2) is 9.17. The van der Waals surface area contributed by atoms with Crippen molar-refractivity contribution in [3.63, 3.8) is 0 Å². The molecule has 5 nitrogen and oxygen atoms in total. The van der Waals surface area contributed by atoms with Gasteiger partial charge in [-0.3, -0.25) is 14.4 Å². The maximum atomic E-state index is 13.4. The summed E-state index contributed by atoms with van der Waals surface area (Å²) in [5.41, 5.74) is 1.63. The van der Waals surface area contributed by atoms with E-state index in [1.54, 1.807) is 29.2 Å². The Bertz CT molecular complexity index is 970. The molecule has 1 aliphatic rings. The second-order valence-electron chi connectivity index (χ2n) is 7.61. The number of hydrogen-bond donors (Lipinski definition) is 1. The third-order valence-corrected chi connectivity index (χ3v) is 5.48. The summed E-state index contributed by atoms with van der Waals surface area (Å²) in [4.78, 5) is 15.3. The molecular weight excluding hydrogens is 386 g/mol. The van der Waals surface area contributed by atoms with Crippen LogP contribution in [-0.2, 0) is 11.3 Å². The quantitative estimate of drug-likeness (QED) is 0.676. The smallest absolute Gasteiger partial charge is 0.249 e. The van der Waals surface area contributed by atoms with Crippen molar-refractivity contribution in [3.05, 3.63) is 89.8 Å². The van der Waals surface area contributed by atoms with Crippen LogP contribution < -0.4 is 5.32 Å². The molecule has 156 valence electrons. The number of aromatic nitrogens is 2. The van der Waals surface area contributed by atoms with Crippen LogP contribution in [0, 0.1) is 11.6 Å². The molecule has 1 saturated heterocycles. The summed E-state index contributed by atoms with van der Waals surface area (Å²) in [5.74, 6) is -1.73. The van der Waals surface area contributed by atoms with Crippen LogP contribution in [0.5, 0.6) is 0 Å². The first kappa shape index (κ1) is 20.2. The zero-order valence-electron chi connectivity index (χ0n) is 16.5. The minimum atomic E-state index is -0.828. The third kappa shape index (κ3) is 4.74. The number of likely N-dealkylation sites (tertiary alicyclic amines) is 1. The van der Waals surface area contributed by atoms with Gasteiger partial charge in [0.1, 0.15) is 0 Å². The molecule has 1 aromatic heterocycles. The number of halogens is 2. The molecule has 2 heterocycles. The van der Waals surface area contributed by atoms with Gasteiger partial charge < -0.3 is 5.32 Å². The lowest BCUT2D eigenvalue weighted by Gasteiger charge is -2.33. The van der Waals surface area contributed by atoms with Gasteiger partial charge in [0, 0.05) is 38.1 Å². The van der Waals surface area contributed by atoms with Gasteiger partial charge in [-0.15, -0.1) is 0 Å². The first-order chi connectivity index (χ1) is 14.6. The highest BCUT2D eigenvalue weighted by atomic mass is 19.2.